The second-order valence-electron chi connectivity index (χ2n) is 4.40. The van der Waals surface area contributed by atoms with Crippen LogP contribution in [-0.4, -0.2) is 24.3 Å². The van der Waals surface area contributed by atoms with Crippen molar-refractivity contribution in [3.8, 4) is 0 Å². The van der Waals surface area contributed by atoms with Gasteiger partial charge in [0.15, 0.2) is 0 Å². The third-order valence-electron chi connectivity index (χ3n) is 3.37. The van der Waals surface area contributed by atoms with Gasteiger partial charge in [0.05, 0.1) is 13.2 Å². The van der Waals surface area contributed by atoms with Gasteiger partial charge in [0.2, 0.25) is 0 Å². The first kappa shape index (κ1) is 12.2. The van der Waals surface area contributed by atoms with Crippen LogP contribution in [0, 0.1) is 11.3 Å². The van der Waals surface area contributed by atoms with E-state index in [-0.39, 0.29) is 11.3 Å². The Morgan fingerprint density at radius 2 is 2.13 bits per heavy atom. The Kier molecular flexibility index (Phi) is 3.91. The molecule has 0 spiro atoms. The summed E-state index contributed by atoms with van der Waals surface area (Å²) in [4.78, 5) is 11.0. The van der Waals surface area contributed by atoms with Crippen molar-refractivity contribution >= 4 is 5.97 Å². The second kappa shape index (κ2) is 4.79. The van der Waals surface area contributed by atoms with Gasteiger partial charge < -0.3 is 9.84 Å². The van der Waals surface area contributed by atoms with Gasteiger partial charge in [0.1, 0.15) is 0 Å². The summed E-state index contributed by atoms with van der Waals surface area (Å²) in [6, 6.07) is 0. The summed E-state index contributed by atoms with van der Waals surface area (Å²) in [5.41, 5.74) is 0.383. The Balaban J connectivity index is 2.79. The molecule has 3 nitrogen and oxygen atoms in total. The topological polar surface area (TPSA) is 46.5 Å². The van der Waals surface area contributed by atoms with E-state index in [1.165, 1.54) is 0 Å². The van der Waals surface area contributed by atoms with Crippen LogP contribution in [0.1, 0.15) is 33.1 Å². The van der Waals surface area contributed by atoms with Crippen molar-refractivity contribution in [3.63, 3.8) is 0 Å². The molecule has 1 aliphatic heterocycles. The number of carboxylic acid groups (broad SMARTS) is 1. The molecule has 1 saturated heterocycles. The van der Waals surface area contributed by atoms with E-state index >= 15 is 0 Å². The minimum atomic E-state index is -0.871. The number of hydrogen-bond donors (Lipinski definition) is 1. The highest BCUT2D eigenvalue weighted by Gasteiger charge is 2.46. The van der Waals surface area contributed by atoms with Gasteiger partial charge in [-0.15, -0.1) is 0 Å². The number of aliphatic carboxylic acids is 1. The fraction of sp³-hybridized carbons (Fsp3) is 0.750. The van der Waals surface area contributed by atoms with Crippen LogP contribution in [0.15, 0.2) is 12.2 Å². The average molecular weight is 212 g/mol. The fourth-order valence-electron chi connectivity index (χ4n) is 2.58. The molecular formula is C12H20O3. The molecule has 1 rings (SSSR count). The zero-order valence-electron chi connectivity index (χ0n) is 9.58. The Morgan fingerprint density at radius 1 is 1.53 bits per heavy atom. The third kappa shape index (κ3) is 2.23. The number of hydrogen-bond acceptors (Lipinski definition) is 2. The zero-order chi connectivity index (χ0) is 11.5. The number of carbonyl (C=O) groups is 1. The first-order valence-corrected chi connectivity index (χ1v) is 5.57. The van der Waals surface area contributed by atoms with E-state index in [1.807, 2.05) is 6.92 Å². The maximum Gasteiger partial charge on any atom is 0.331 e. The first-order chi connectivity index (χ1) is 7.07. The maximum absolute atomic E-state index is 11.0. The minimum absolute atomic E-state index is 0.0406. The molecule has 1 N–H and O–H groups in total. The molecule has 0 aromatic rings. The number of rotatable bonds is 6. The molecule has 0 aromatic heterocycles. The lowest BCUT2D eigenvalue weighted by Gasteiger charge is -2.47. The molecule has 1 unspecified atom stereocenters. The summed E-state index contributed by atoms with van der Waals surface area (Å²) >= 11 is 0. The van der Waals surface area contributed by atoms with Crippen molar-refractivity contribution in [1.29, 1.82) is 0 Å². The fourth-order valence-corrected chi connectivity index (χ4v) is 2.58. The van der Waals surface area contributed by atoms with E-state index < -0.39 is 5.97 Å². The SMILES string of the molecule is C=C(C(=O)O)C(CC)C1(CCC)COC1. The summed E-state index contributed by atoms with van der Waals surface area (Å²) in [7, 11) is 0. The monoisotopic (exact) mass is 212 g/mol. The lowest BCUT2D eigenvalue weighted by molar-refractivity contribution is -0.151. The largest absolute Gasteiger partial charge is 0.478 e. The van der Waals surface area contributed by atoms with Crippen molar-refractivity contribution in [2.24, 2.45) is 11.3 Å². The summed E-state index contributed by atoms with van der Waals surface area (Å²) in [6.45, 7) is 9.22. The summed E-state index contributed by atoms with van der Waals surface area (Å²) in [5, 5.41) is 8.99. The Morgan fingerprint density at radius 3 is 2.40 bits per heavy atom. The lowest BCUT2D eigenvalue weighted by atomic mass is 9.66. The van der Waals surface area contributed by atoms with Crippen LogP contribution in [0.5, 0.6) is 0 Å². The highest BCUT2D eigenvalue weighted by atomic mass is 16.5. The van der Waals surface area contributed by atoms with Crippen LogP contribution in [0.4, 0.5) is 0 Å². The molecule has 0 aliphatic carbocycles. The van der Waals surface area contributed by atoms with E-state index in [4.69, 9.17) is 9.84 Å². The highest BCUT2D eigenvalue weighted by molar-refractivity contribution is 5.86. The molecule has 0 aromatic carbocycles. The van der Waals surface area contributed by atoms with Gasteiger partial charge in [0, 0.05) is 16.9 Å². The van der Waals surface area contributed by atoms with E-state index in [1.54, 1.807) is 0 Å². The normalized spacial score (nSPS) is 20.4. The highest BCUT2D eigenvalue weighted by Crippen LogP contribution is 2.45. The van der Waals surface area contributed by atoms with E-state index in [0.29, 0.717) is 18.8 Å². The van der Waals surface area contributed by atoms with Gasteiger partial charge in [-0.3, -0.25) is 0 Å². The van der Waals surface area contributed by atoms with Crippen molar-refractivity contribution in [2.45, 2.75) is 33.1 Å². The number of carboxylic acids is 1. The third-order valence-corrected chi connectivity index (χ3v) is 3.37. The lowest BCUT2D eigenvalue weighted by Crippen LogP contribution is -2.49. The molecule has 1 heterocycles. The van der Waals surface area contributed by atoms with Crippen molar-refractivity contribution in [2.75, 3.05) is 13.2 Å². The average Bonchev–Trinajstić information content (AvgIpc) is 2.14. The smallest absolute Gasteiger partial charge is 0.331 e. The molecule has 3 heteroatoms. The quantitative estimate of drug-likeness (QED) is 0.688. The molecule has 1 fully saturated rings. The molecule has 15 heavy (non-hydrogen) atoms. The van der Waals surface area contributed by atoms with E-state index in [9.17, 15) is 4.79 Å². The van der Waals surface area contributed by atoms with Gasteiger partial charge in [-0.25, -0.2) is 4.79 Å². The van der Waals surface area contributed by atoms with Gasteiger partial charge in [-0.1, -0.05) is 26.8 Å². The molecule has 86 valence electrons. The Hall–Kier alpha value is -0.830. The van der Waals surface area contributed by atoms with Crippen molar-refractivity contribution in [3.05, 3.63) is 12.2 Å². The minimum Gasteiger partial charge on any atom is -0.478 e. The predicted octanol–water partition coefficient (Wildman–Crippen LogP) is 2.47. The maximum atomic E-state index is 11.0. The standard InChI is InChI=1S/C12H20O3/c1-4-6-12(7-15-8-12)10(5-2)9(3)11(13)14/h10H,3-8H2,1-2H3,(H,13,14). The van der Waals surface area contributed by atoms with Gasteiger partial charge >= 0.3 is 5.97 Å². The van der Waals surface area contributed by atoms with E-state index in [0.717, 1.165) is 19.3 Å². The predicted molar refractivity (Wildman–Crippen MR) is 58.7 cm³/mol. The Bertz CT molecular complexity index is 254. The first-order valence-electron chi connectivity index (χ1n) is 5.57. The van der Waals surface area contributed by atoms with Crippen molar-refractivity contribution < 1.29 is 14.6 Å². The van der Waals surface area contributed by atoms with Crippen LogP contribution in [0.25, 0.3) is 0 Å². The van der Waals surface area contributed by atoms with Crippen LogP contribution in [-0.2, 0) is 9.53 Å². The van der Waals surface area contributed by atoms with E-state index in [2.05, 4.69) is 13.5 Å². The molecule has 0 bridgehead atoms. The molecule has 0 amide bonds. The molecule has 1 aliphatic rings. The molecule has 0 saturated carbocycles. The second-order valence-corrected chi connectivity index (χ2v) is 4.40. The molecule has 1 atom stereocenters. The van der Waals surface area contributed by atoms with Gasteiger partial charge in [-0.2, -0.15) is 0 Å². The van der Waals surface area contributed by atoms with Crippen LogP contribution < -0.4 is 0 Å². The van der Waals surface area contributed by atoms with Gasteiger partial charge in [-0.05, 0) is 12.8 Å². The van der Waals surface area contributed by atoms with Crippen LogP contribution >= 0.6 is 0 Å². The molecule has 0 radical (unpaired) electrons. The summed E-state index contributed by atoms with van der Waals surface area (Å²) < 4.78 is 5.27. The summed E-state index contributed by atoms with van der Waals surface area (Å²) in [6.07, 6.45) is 2.92. The molecular weight excluding hydrogens is 192 g/mol. The van der Waals surface area contributed by atoms with Crippen LogP contribution in [0.2, 0.25) is 0 Å². The number of ether oxygens (including phenoxy) is 1. The zero-order valence-corrected chi connectivity index (χ0v) is 9.58. The summed E-state index contributed by atoms with van der Waals surface area (Å²) in [5.74, 6) is -0.812. The van der Waals surface area contributed by atoms with Crippen LogP contribution in [0.3, 0.4) is 0 Å². The van der Waals surface area contributed by atoms with Gasteiger partial charge in [0.25, 0.3) is 0 Å². The van der Waals surface area contributed by atoms with Crippen molar-refractivity contribution in [1.82, 2.24) is 0 Å². The Labute approximate surface area is 91.1 Å².